The van der Waals surface area contributed by atoms with Crippen LogP contribution in [0.4, 0.5) is 0 Å². The van der Waals surface area contributed by atoms with Crippen LogP contribution in [0, 0.1) is 11.8 Å². The molecule has 1 N–H and O–H groups in total. The van der Waals surface area contributed by atoms with E-state index >= 15 is 0 Å². The maximum absolute atomic E-state index is 9.52. The summed E-state index contributed by atoms with van der Waals surface area (Å²) in [5.74, 6) is 6.30. The summed E-state index contributed by atoms with van der Waals surface area (Å²) in [6.45, 7) is 4.94. The quantitative estimate of drug-likeness (QED) is 0.453. The molecule has 1 atom stereocenters. The number of allylic oxidation sites excluding steroid dienone is 1. The molecule has 1 aromatic rings. The van der Waals surface area contributed by atoms with Gasteiger partial charge < -0.3 is 14.6 Å². The van der Waals surface area contributed by atoms with Gasteiger partial charge in [0.2, 0.25) is 0 Å². The lowest BCUT2D eigenvalue weighted by Gasteiger charge is -2.06. The standard InChI is InChI=1S/C18H24O3/c1-4-5-17(19)9-6-15(2)12-13-21-14-16-7-10-18(20-3)11-8-16/h7-8,10-12,17,19H,6,9,13-14H2,1-3H3/b15-12+/t17-/m1/s1. The lowest BCUT2D eigenvalue weighted by molar-refractivity contribution is 0.148. The summed E-state index contributed by atoms with van der Waals surface area (Å²) < 4.78 is 10.7. The van der Waals surface area contributed by atoms with Crippen molar-refractivity contribution in [3.63, 3.8) is 0 Å². The van der Waals surface area contributed by atoms with Gasteiger partial charge >= 0.3 is 0 Å². The van der Waals surface area contributed by atoms with Crippen molar-refractivity contribution in [3.05, 3.63) is 41.5 Å². The zero-order valence-corrected chi connectivity index (χ0v) is 13.1. The summed E-state index contributed by atoms with van der Waals surface area (Å²) in [5, 5.41) is 9.52. The van der Waals surface area contributed by atoms with Crippen LogP contribution >= 0.6 is 0 Å². The van der Waals surface area contributed by atoms with Crippen LogP contribution < -0.4 is 4.74 Å². The van der Waals surface area contributed by atoms with Gasteiger partial charge in [0.25, 0.3) is 0 Å². The van der Waals surface area contributed by atoms with Crippen LogP contribution in [0.1, 0.15) is 32.3 Å². The van der Waals surface area contributed by atoms with Gasteiger partial charge in [-0.25, -0.2) is 0 Å². The first-order valence-corrected chi connectivity index (χ1v) is 7.12. The molecule has 0 aliphatic carbocycles. The highest BCUT2D eigenvalue weighted by Crippen LogP contribution is 2.12. The topological polar surface area (TPSA) is 38.7 Å². The number of rotatable bonds is 8. The summed E-state index contributed by atoms with van der Waals surface area (Å²) in [7, 11) is 1.65. The lowest BCUT2D eigenvalue weighted by atomic mass is 10.1. The van der Waals surface area contributed by atoms with Gasteiger partial charge in [0.1, 0.15) is 11.9 Å². The second kappa shape index (κ2) is 10.0. The zero-order valence-electron chi connectivity index (χ0n) is 13.1. The Morgan fingerprint density at radius 1 is 1.33 bits per heavy atom. The SMILES string of the molecule is CC#C[C@@H](O)CC/C(C)=C/COCc1ccc(OC)cc1. The van der Waals surface area contributed by atoms with E-state index in [1.54, 1.807) is 14.0 Å². The van der Waals surface area contributed by atoms with Crippen molar-refractivity contribution in [2.24, 2.45) is 0 Å². The molecule has 0 radical (unpaired) electrons. The van der Waals surface area contributed by atoms with Crippen LogP contribution in [-0.2, 0) is 11.3 Å². The molecule has 0 aliphatic rings. The van der Waals surface area contributed by atoms with Gasteiger partial charge in [0, 0.05) is 0 Å². The molecule has 1 aromatic carbocycles. The minimum Gasteiger partial charge on any atom is -0.497 e. The number of aliphatic hydroxyl groups excluding tert-OH is 1. The normalized spacial score (nSPS) is 12.5. The van der Waals surface area contributed by atoms with E-state index in [1.807, 2.05) is 31.2 Å². The molecule has 0 amide bonds. The maximum Gasteiger partial charge on any atom is 0.118 e. The first-order chi connectivity index (χ1) is 10.2. The van der Waals surface area contributed by atoms with Crippen molar-refractivity contribution in [1.82, 2.24) is 0 Å². The molecule has 0 unspecified atom stereocenters. The molecule has 21 heavy (non-hydrogen) atoms. The molecule has 0 spiro atoms. The van der Waals surface area contributed by atoms with E-state index in [9.17, 15) is 5.11 Å². The van der Waals surface area contributed by atoms with Crippen molar-refractivity contribution < 1.29 is 14.6 Å². The fourth-order valence-corrected chi connectivity index (χ4v) is 1.80. The Morgan fingerprint density at radius 3 is 2.67 bits per heavy atom. The second-order valence-electron chi connectivity index (χ2n) is 4.86. The molecule has 3 heteroatoms. The lowest BCUT2D eigenvalue weighted by Crippen LogP contribution is -2.02. The van der Waals surface area contributed by atoms with Gasteiger partial charge in [-0.05, 0) is 44.4 Å². The number of methoxy groups -OCH3 is 1. The van der Waals surface area contributed by atoms with Crippen LogP contribution in [0.2, 0.25) is 0 Å². The Kier molecular flexibility index (Phi) is 8.27. The molecule has 3 nitrogen and oxygen atoms in total. The van der Waals surface area contributed by atoms with Crippen molar-refractivity contribution in [3.8, 4) is 17.6 Å². The van der Waals surface area contributed by atoms with Crippen LogP contribution in [0.15, 0.2) is 35.9 Å². The van der Waals surface area contributed by atoms with Gasteiger partial charge in [0.05, 0.1) is 20.3 Å². The van der Waals surface area contributed by atoms with E-state index in [-0.39, 0.29) is 0 Å². The Morgan fingerprint density at radius 2 is 2.05 bits per heavy atom. The van der Waals surface area contributed by atoms with Crippen LogP contribution in [0.25, 0.3) is 0 Å². The van der Waals surface area contributed by atoms with Crippen LogP contribution in [0.3, 0.4) is 0 Å². The van der Waals surface area contributed by atoms with Gasteiger partial charge in [-0.2, -0.15) is 0 Å². The first kappa shape index (κ1) is 17.3. The van der Waals surface area contributed by atoms with Crippen LogP contribution in [-0.4, -0.2) is 24.9 Å². The Balaban J connectivity index is 2.24. The van der Waals surface area contributed by atoms with E-state index in [1.165, 1.54) is 5.57 Å². The van der Waals surface area contributed by atoms with Crippen molar-refractivity contribution >= 4 is 0 Å². The van der Waals surface area contributed by atoms with Crippen molar-refractivity contribution in [2.75, 3.05) is 13.7 Å². The van der Waals surface area contributed by atoms with E-state index in [0.717, 1.165) is 17.7 Å². The summed E-state index contributed by atoms with van der Waals surface area (Å²) in [6, 6.07) is 7.84. The average molecular weight is 288 g/mol. The highest BCUT2D eigenvalue weighted by atomic mass is 16.5. The number of aliphatic hydroxyl groups is 1. The van der Waals surface area contributed by atoms with E-state index < -0.39 is 6.10 Å². The van der Waals surface area contributed by atoms with E-state index in [0.29, 0.717) is 19.6 Å². The summed E-state index contributed by atoms with van der Waals surface area (Å²) in [6.07, 6.45) is 3.03. The van der Waals surface area contributed by atoms with E-state index in [2.05, 4.69) is 17.9 Å². The Labute approximate surface area is 127 Å². The van der Waals surface area contributed by atoms with Gasteiger partial charge in [-0.15, -0.1) is 5.92 Å². The number of hydrogen-bond donors (Lipinski definition) is 1. The van der Waals surface area contributed by atoms with Crippen molar-refractivity contribution in [2.45, 2.75) is 39.4 Å². The zero-order chi connectivity index (χ0) is 15.5. The Hall–Kier alpha value is -1.76. The third-order valence-corrected chi connectivity index (χ3v) is 3.10. The summed E-state index contributed by atoms with van der Waals surface area (Å²) in [5.41, 5.74) is 2.33. The first-order valence-electron chi connectivity index (χ1n) is 7.12. The largest absolute Gasteiger partial charge is 0.497 e. The molecule has 0 bridgehead atoms. The second-order valence-corrected chi connectivity index (χ2v) is 4.86. The molecular formula is C18H24O3. The number of benzene rings is 1. The predicted octanol–water partition coefficient (Wildman–Crippen LogP) is 3.32. The third-order valence-electron chi connectivity index (χ3n) is 3.10. The minimum absolute atomic E-state index is 0.529. The molecule has 0 aliphatic heterocycles. The smallest absolute Gasteiger partial charge is 0.118 e. The highest BCUT2D eigenvalue weighted by molar-refractivity contribution is 5.26. The Bertz CT molecular complexity index is 491. The van der Waals surface area contributed by atoms with E-state index in [4.69, 9.17) is 9.47 Å². The summed E-state index contributed by atoms with van der Waals surface area (Å²) in [4.78, 5) is 0. The molecule has 114 valence electrons. The summed E-state index contributed by atoms with van der Waals surface area (Å²) >= 11 is 0. The highest BCUT2D eigenvalue weighted by Gasteiger charge is 1.99. The maximum atomic E-state index is 9.52. The average Bonchev–Trinajstić information content (AvgIpc) is 2.50. The molecule has 1 rings (SSSR count). The molecule has 0 aromatic heterocycles. The third kappa shape index (κ3) is 7.55. The van der Waals surface area contributed by atoms with Crippen molar-refractivity contribution in [1.29, 1.82) is 0 Å². The molecular weight excluding hydrogens is 264 g/mol. The van der Waals surface area contributed by atoms with Crippen LogP contribution in [0.5, 0.6) is 5.75 Å². The predicted molar refractivity (Wildman–Crippen MR) is 85.1 cm³/mol. The van der Waals surface area contributed by atoms with Gasteiger partial charge in [0.15, 0.2) is 0 Å². The monoisotopic (exact) mass is 288 g/mol. The molecule has 0 saturated carbocycles. The van der Waals surface area contributed by atoms with Gasteiger partial charge in [-0.1, -0.05) is 29.7 Å². The van der Waals surface area contributed by atoms with Gasteiger partial charge in [-0.3, -0.25) is 0 Å². The molecule has 0 saturated heterocycles. The fourth-order valence-electron chi connectivity index (χ4n) is 1.80. The minimum atomic E-state index is -0.529. The molecule has 0 heterocycles. The fraction of sp³-hybridized carbons (Fsp3) is 0.444. The number of ether oxygens (including phenoxy) is 2. The molecule has 0 fully saturated rings. The number of hydrogen-bond acceptors (Lipinski definition) is 3.